The van der Waals surface area contributed by atoms with E-state index in [0.29, 0.717) is 50.4 Å². The van der Waals surface area contributed by atoms with Crippen molar-refractivity contribution in [1.29, 1.82) is 0 Å². The molecule has 0 atom stereocenters. The molecule has 0 saturated carbocycles. The summed E-state index contributed by atoms with van der Waals surface area (Å²) in [6.45, 7) is 6.35. The number of benzene rings is 1. The lowest BCUT2D eigenvalue weighted by atomic mass is 10.0. The summed E-state index contributed by atoms with van der Waals surface area (Å²) < 4.78 is 11.4. The van der Waals surface area contributed by atoms with Crippen molar-refractivity contribution < 1.29 is 19.1 Å². The van der Waals surface area contributed by atoms with E-state index in [0.717, 1.165) is 11.1 Å². The highest BCUT2D eigenvalue weighted by molar-refractivity contribution is 6.04. The van der Waals surface area contributed by atoms with Gasteiger partial charge >= 0.3 is 0 Å². The van der Waals surface area contributed by atoms with Crippen LogP contribution in [0.15, 0.2) is 36.5 Å². The first-order chi connectivity index (χ1) is 14.0. The molecule has 2 aliphatic rings. The summed E-state index contributed by atoms with van der Waals surface area (Å²) in [6.07, 6.45) is 2.81. The van der Waals surface area contributed by atoms with Crippen LogP contribution in [0.3, 0.4) is 0 Å². The van der Waals surface area contributed by atoms with Crippen molar-refractivity contribution in [2.24, 2.45) is 0 Å². The normalized spacial score (nSPS) is 18.1. The zero-order valence-corrected chi connectivity index (χ0v) is 16.7. The third-order valence-corrected chi connectivity index (χ3v) is 5.63. The van der Waals surface area contributed by atoms with Crippen molar-refractivity contribution in [3.63, 3.8) is 0 Å². The maximum atomic E-state index is 12.9. The van der Waals surface area contributed by atoms with Crippen LogP contribution in [0, 0.1) is 13.8 Å². The molecule has 2 aromatic rings. The van der Waals surface area contributed by atoms with Crippen LogP contribution in [0.4, 0.5) is 5.69 Å². The summed E-state index contributed by atoms with van der Waals surface area (Å²) >= 11 is 0. The first-order valence-corrected chi connectivity index (χ1v) is 9.88. The predicted octanol–water partition coefficient (Wildman–Crippen LogP) is 2.93. The Kier molecular flexibility index (Phi) is 5.34. The van der Waals surface area contributed by atoms with Crippen molar-refractivity contribution in [3.05, 3.63) is 58.9 Å². The number of carbonyl (C=O) groups excluding carboxylic acids is 2. The van der Waals surface area contributed by atoms with Gasteiger partial charge in [-0.3, -0.25) is 14.6 Å². The van der Waals surface area contributed by atoms with E-state index < -0.39 is 5.79 Å². The minimum atomic E-state index is -0.522. The lowest BCUT2D eigenvalue weighted by Gasteiger charge is -2.37. The molecule has 4 rings (SSSR count). The molecule has 0 radical (unpaired) electrons. The SMILES string of the molecule is Cc1ccc(NC(=O)c2cc(C(=O)N3CCC4(CC3)OCCO4)ccn2)cc1C. The Hall–Kier alpha value is -2.77. The number of nitrogens with zero attached hydrogens (tertiary/aromatic N) is 2. The molecule has 2 fully saturated rings. The highest BCUT2D eigenvalue weighted by Gasteiger charge is 2.40. The molecule has 3 heterocycles. The van der Waals surface area contributed by atoms with Gasteiger partial charge in [0.2, 0.25) is 0 Å². The van der Waals surface area contributed by atoms with Crippen LogP contribution in [0.1, 0.15) is 44.8 Å². The second kappa shape index (κ2) is 7.93. The maximum Gasteiger partial charge on any atom is 0.274 e. The molecule has 7 nitrogen and oxygen atoms in total. The molecule has 0 bridgehead atoms. The zero-order chi connectivity index (χ0) is 20.4. The quantitative estimate of drug-likeness (QED) is 0.864. The average molecular weight is 395 g/mol. The molecule has 2 saturated heterocycles. The van der Waals surface area contributed by atoms with Gasteiger partial charge in [0.15, 0.2) is 5.79 Å². The van der Waals surface area contributed by atoms with Crippen LogP contribution in [0.25, 0.3) is 0 Å². The summed E-state index contributed by atoms with van der Waals surface area (Å²) in [7, 11) is 0. The Morgan fingerprint density at radius 2 is 1.76 bits per heavy atom. The summed E-state index contributed by atoms with van der Waals surface area (Å²) in [5.74, 6) is -0.972. The fourth-order valence-electron chi connectivity index (χ4n) is 3.72. The number of hydrogen-bond acceptors (Lipinski definition) is 5. The molecule has 2 amide bonds. The van der Waals surface area contributed by atoms with E-state index in [2.05, 4.69) is 10.3 Å². The number of aryl methyl sites for hydroxylation is 2. The van der Waals surface area contributed by atoms with E-state index in [1.54, 1.807) is 17.0 Å². The molecule has 0 aliphatic carbocycles. The van der Waals surface area contributed by atoms with E-state index >= 15 is 0 Å². The molecule has 1 aromatic heterocycles. The maximum absolute atomic E-state index is 12.9. The van der Waals surface area contributed by atoms with Gasteiger partial charge < -0.3 is 19.7 Å². The van der Waals surface area contributed by atoms with E-state index in [-0.39, 0.29) is 17.5 Å². The average Bonchev–Trinajstić information content (AvgIpc) is 3.19. The Labute approximate surface area is 170 Å². The monoisotopic (exact) mass is 395 g/mol. The first kappa shape index (κ1) is 19.5. The Balaban J connectivity index is 1.43. The van der Waals surface area contributed by atoms with E-state index in [4.69, 9.17) is 9.47 Å². The van der Waals surface area contributed by atoms with Crippen LogP contribution in [-0.2, 0) is 9.47 Å². The number of hydrogen-bond donors (Lipinski definition) is 1. The molecular formula is C22H25N3O4. The lowest BCUT2D eigenvalue weighted by Crippen LogP contribution is -2.47. The summed E-state index contributed by atoms with van der Waals surface area (Å²) in [4.78, 5) is 31.4. The number of rotatable bonds is 3. The van der Waals surface area contributed by atoms with Gasteiger partial charge in [-0.25, -0.2) is 0 Å². The summed E-state index contributed by atoms with van der Waals surface area (Å²) in [6, 6.07) is 8.91. The summed E-state index contributed by atoms with van der Waals surface area (Å²) in [5.41, 5.74) is 3.62. The smallest absolute Gasteiger partial charge is 0.274 e. The van der Waals surface area contributed by atoms with Gasteiger partial charge in [-0.1, -0.05) is 6.07 Å². The molecule has 29 heavy (non-hydrogen) atoms. The molecule has 1 N–H and O–H groups in total. The van der Waals surface area contributed by atoms with Crippen LogP contribution in [0.5, 0.6) is 0 Å². The molecule has 2 aliphatic heterocycles. The van der Waals surface area contributed by atoms with E-state index in [9.17, 15) is 9.59 Å². The number of ether oxygens (including phenoxy) is 2. The fraction of sp³-hybridized carbons (Fsp3) is 0.409. The number of likely N-dealkylation sites (tertiary alicyclic amines) is 1. The van der Waals surface area contributed by atoms with Crippen molar-refractivity contribution in [2.75, 3.05) is 31.6 Å². The number of pyridine rings is 1. The highest BCUT2D eigenvalue weighted by atomic mass is 16.7. The number of carbonyl (C=O) groups is 2. The second-order valence-electron chi connectivity index (χ2n) is 7.58. The Morgan fingerprint density at radius 3 is 2.45 bits per heavy atom. The molecule has 0 unspecified atom stereocenters. The van der Waals surface area contributed by atoms with Crippen LogP contribution >= 0.6 is 0 Å². The standard InChI is InChI=1S/C22H25N3O4/c1-15-3-4-18(13-16(15)2)24-20(26)19-14-17(5-8-23-19)21(27)25-9-6-22(7-10-25)28-11-12-29-22/h3-5,8,13-14H,6-7,9-12H2,1-2H3,(H,24,26). The minimum Gasteiger partial charge on any atom is -0.347 e. The highest BCUT2D eigenvalue weighted by Crippen LogP contribution is 2.31. The lowest BCUT2D eigenvalue weighted by molar-refractivity contribution is -0.181. The predicted molar refractivity (Wildman–Crippen MR) is 108 cm³/mol. The molecule has 152 valence electrons. The zero-order valence-electron chi connectivity index (χ0n) is 16.7. The number of amides is 2. The number of piperidine rings is 1. The third-order valence-electron chi connectivity index (χ3n) is 5.63. The van der Waals surface area contributed by atoms with Crippen molar-refractivity contribution in [3.8, 4) is 0 Å². The third kappa shape index (κ3) is 4.16. The van der Waals surface area contributed by atoms with Crippen molar-refractivity contribution in [1.82, 2.24) is 9.88 Å². The van der Waals surface area contributed by atoms with Gasteiger partial charge in [-0.2, -0.15) is 0 Å². The number of anilines is 1. The van der Waals surface area contributed by atoms with Gasteiger partial charge in [-0.05, 0) is 49.2 Å². The van der Waals surface area contributed by atoms with E-state index in [1.807, 2.05) is 32.0 Å². The van der Waals surface area contributed by atoms with Gasteiger partial charge in [0.25, 0.3) is 11.8 Å². The van der Waals surface area contributed by atoms with Gasteiger partial charge in [-0.15, -0.1) is 0 Å². The van der Waals surface area contributed by atoms with Crippen LogP contribution in [-0.4, -0.2) is 53.8 Å². The van der Waals surface area contributed by atoms with Gasteiger partial charge in [0.05, 0.1) is 13.2 Å². The number of nitrogens with one attached hydrogen (secondary N) is 1. The van der Waals surface area contributed by atoms with Crippen LogP contribution in [0.2, 0.25) is 0 Å². The Bertz CT molecular complexity index is 927. The first-order valence-electron chi connectivity index (χ1n) is 9.88. The Morgan fingerprint density at radius 1 is 1.03 bits per heavy atom. The molecule has 7 heteroatoms. The van der Waals surface area contributed by atoms with Crippen molar-refractivity contribution >= 4 is 17.5 Å². The molecule has 1 spiro atoms. The minimum absolute atomic E-state index is 0.111. The van der Waals surface area contributed by atoms with Crippen molar-refractivity contribution in [2.45, 2.75) is 32.5 Å². The van der Waals surface area contributed by atoms with E-state index in [1.165, 1.54) is 6.20 Å². The topological polar surface area (TPSA) is 80.8 Å². The fourth-order valence-corrected chi connectivity index (χ4v) is 3.72. The largest absolute Gasteiger partial charge is 0.347 e. The van der Waals surface area contributed by atoms with Gasteiger partial charge in [0.1, 0.15) is 5.69 Å². The molecule has 1 aromatic carbocycles. The molecular weight excluding hydrogens is 370 g/mol. The van der Waals surface area contributed by atoms with Gasteiger partial charge in [0, 0.05) is 43.4 Å². The number of aromatic nitrogens is 1. The van der Waals surface area contributed by atoms with Crippen LogP contribution < -0.4 is 5.32 Å². The second-order valence-corrected chi connectivity index (χ2v) is 7.58. The summed E-state index contributed by atoms with van der Waals surface area (Å²) in [5, 5.41) is 2.85.